The second-order valence-electron chi connectivity index (χ2n) is 14.3. The Kier molecular flexibility index (Phi) is 6.09. The van der Waals surface area contributed by atoms with Crippen LogP contribution in [0.4, 0.5) is 0 Å². The van der Waals surface area contributed by atoms with Gasteiger partial charge >= 0.3 is 0 Å². The molecule has 0 bridgehead atoms. The maximum atomic E-state index is 6.64. The second kappa shape index (κ2) is 11.2. The Labute approximate surface area is 310 Å². The summed E-state index contributed by atoms with van der Waals surface area (Å²) in [4.78, 5) is 0. The van der Waals surface area contributed by atoms with E-state index in [1.807, 2.05) is 0 Å². The van der Waals surface area contributed by atoms with E-state index in [0.717, 1.165) is 55.0 Å². The molecule has 0 radical (unpaired) electrons. The Morgan fingerprint density at radius 1 is 0.278 bits per heavy atom. The molecule has 0 aliphatic heterocycles. The van der Waals surface area contributed by atoms with Crippen molar-refractivity contribution in [2.45, 2.75) is 0 Å². The van der Waals surface area contributed by atoms with Crippen molar-refractivity contribution >= 4 is 87.0 Å². The number of hydrogen-bond acceptors (Lipinski definition) is 2. The fourth-order valence-corrected chi connectivity index (χ4v) is 9.02. The van der Waals surface area contributed by atoms with E-state index < -0.39 is 0 Å². The third kappa shape index (κ3) is 4.17. The summed E-state index contributed by atoms with van der Waals surface area (Å²) in [6.07, 6.45) is 0. The average molecular weight is 687 g/mol. The first kappa shape index (κ1) is 29.4. The van der Waals surface area contributed by atoms with Crippen molar-refractivity contribution in [1.29, 1.82) is 0 Å². The minimum atomic E-state index is 0.793. The molecular weight excluding hydrogens is 657 g/mol. The standard InChI is InChI=1S/C52H30O2/c1-3-13-36-32(10-1)12-9-19-39(36)49-42-17-7-5-15-40(42)48(41-16-6-8-18-43(41)49)34-22-20-31(21-23-34)35-24-26-38-44-27-28-45-50-37-14-4-2-11-33(37)25-29-46(50)53-52(45)51(44)54-47(38)30-35/h1-30H. The minimum Gasteiger partial charge on any atom is -0.452 e. The molecule has 2 heterocycles. The van der Waals surface area contributed by atoms with Crippen LogP contribution in [0.25, 0.3) is 120 Å². The maximum absolute atomic E-state index is 6.64. The number of benzene rings is 10. The van der Waals surface area contributed by atoms with Crippen LogP contribution in [0.1, 0.15) is 0 Å². The lowest BCUT2D eigenvalue weighted by molar-refractivity contribution is 0.633. The van der Waals surface area contributed by atoms with Crippen molar-refractivity contribution in [3.05, 3.63) is 182 Å². The predicted octanol–water partition coefficient (Wildman–Crippen LogP) is 15.1. The van der Waals surface area contributed by atoms with Crippen molar-refractivity contribution in [2.75, 3.05) is 0 Å². The Balaban J connectivity index is 0.993. The van der Waals surface area contributed by atoms with Gasteiger partial charge in [-0.15, -0.1) is 0 Å². The molecule has 0 spiro atoms. The Hall–Kier alpha value is -7.16. The zero-order chi connectivity index (χ0) is 35.3. The lowest BCUT2D eigenvalue weighted by Gasteiger charge is -2.19. The molecule has 12 aromatic rings. The monoisotopic (exact) mass is 686 g/mol. The Morgan fingerprint density at radius 3 is 1.54 bits per heavy atom. The van der Waals surface area contributed by atoms with E-state index in [9.17, 15) is 0 Å². The second-order valence-corrected chi connectivity index (χ2v) is 14.3. The highest BCUT2D eigenvalue weighted by atomic mass is 16.4. The first-order valence-corrected chi connectivity index (χ1v) is 18.5. The molecule has 0 amide bonds. The van der Waals surface area contributed by atoms with Crippen molar-refractivity contribution in [3.8, 4) is 33.4 Å². The molecular formula is C52H30O2. The lowest BCUT2D eigenvalue weighted by atomic mass is 9.84. The van der Waals surface area contributed by atoms with Crippen LogP contribution in [0.15, 0.2) is 191 Å². The topological polar surface area (TPSA) is 26.3 Å². The number of hydrogen-bond donors (Lipinski definition) is 0. The van der Waals surface area contributed by atoms with E-state index in [4.69, 9.17) is 8.83 Å². The number of fused-ring (bicyclic) bond motifs is 12. The molecule has 10 aromatic carbocycles. The summed E-state index contributed by atoms with van der Waals surface area (Å²) in [6, 6.07) is 65.7. The molecule has 0 unspecified atom stereocenters. The largest absolute Gasteiger partial charge is 0.452 e. The maximum Gasteiger partial charge on any atom is 0.178 e. The van der Waals surface area contributed by atoms with E-state index in [1.54, 1.807) is 0 Å². The van der Waals surface area contributed by atoms with Gasteiger partial charge in [0.25, 0.3) is 0 Å². The summed E-state index contributed by atoms with van der Waals surface area (Å²) in [5, 5.41) is 14.3. The molecule has 0 fully saturated rings. The summed E-state index contributed by atoms with van der Waals surface area (Å²) >= 11 is 0. The zero-order valence-electron chi connectivity index (χ0n) is 29.1. The van der Waals surface area contributed by atoms with E-state index in [-0.39, 0.29) is 0 Å². The van der Waals surface area contributed by atoms with Gasteiger partial charge in [0.15, 0.2) is 11.2 Å². The van der Waals surface area contributed by atoms with Crippen molar-refractivity contribution in [3.63, 3.8) is 0 Å². The molecule has 2 aromatic heterocycles. The van der Waals surface area contributed by atoms with Crippen LogP contribution in [0.2, 0.25) is 0 Å². The predicted molar refractivity (Wildman–Crippen MR) is 227 cm³/mol. The number of rotatable bonds is 3. The fraction of sp³-hybridized carbons (Fsp3) is 0. The summed E-state index contributed by atoms with van der Waals surface area (Å²) in [5.41, 5.74) is 10.6. The Bertz CT molecular complexity index is 3430. The highest BCUT2D eigenvalue weighted by Gasteiger charge is 2.20. The van der Waals surface area contributed by atoms with Crippen LogP contribution in [-0.2, 0) is 0 Å². The summed E-state index contributed by atoms with van der Waals surface area (Å²) in [7, 11) is 0. The molecule has 0 atom stereocenters. The smallest absolute Gasteiger partial charge is 0.178 e. The van der Waals surface area contributed by atoms with Gasteiger partial charge in [0.2, 0.25) is 0 Å². The van der Waals surface area contributed by atoms with Gasteiger partial charge in [0, 0.05) is 21.5 Å². The molecule has 54 heavy (non-hydrogen) atoms. The van der Waals surface area contributed by atoms with Gasteiger partial charge in [0.05, 0.1) is 0 Å². The zero-order valence-corrected chi connectivity index (χ0v) is 29.1. The normalized spacial score (nSPS) is 12.1. The Morgan fingerprint density at radius 2 is 0.796 bits per heavy atom. The highest BCUT2D eigenvalue weighted by Crippen LogP contribution is 2.46. The molecule has 2 heteroatoms. The highest BCUT2D eigenvalue weighted by molar-refractivity contribution is 6.25. The molecule has 0 N–H and O–H groups in total. The van der Waals surface area contributed by atoms with Gasteiger partial charge < -0.3 is 8.83 Å². The summed E-state index contributed by atoms with van der Waals surface area (Å²) in [5.74, 6) is 0. The molecule has 12 rings (SSSR count). The number of furan rings is 2. The van der Waals surface area contributed by atoms with Crippen LogP contribution >= 0.6 is 0 Å². The quantitative estimate of drug-likeness (QED) is 0.173. The molecule has 2 nitrogen and oxygen atoms in total. The molecule has 0 saturated carbocycles. The molecule has 250 valence electrons. The van der Waals surface area contributed by atoms with Crippen molar-refractivity contribution in [2.24, 2.45) is 0 Å². The summed E-state index contributed by atoms with van der Waals surface area (Å²) in [6.45, 7) is 0. The molecule has 0 saturated heterocycles. The van der Waals surface area contributed by atoms with Crippen LogP contribution in [-0.4, -0.2) is 0 Å². The van der Waals surface area contributed by atoms with Crippen molar-refractivity contribution < 1.29 is 8.83 Å². The lowest BCUT2D eigenvalue weighted by Crippen LogP contribution is -1.91. The minimum absolute atomic E-state index is 0.793. The van der Waals surface area contributed by atoms with Crippen LogP contribution in [0.5, 0.6) is 0 Å². The van der Waals surface area contributed by atoms with Crippen LogP contribution in [0.3, 0.4) is 0 Å². The third-order valence-corrected chi connectivity index (χ3v) is 11.5. The summed E-state index contributed by atoms with van der Waals surface area (Å²) < 4.78 is 13.1. The fourth-order valence-electron chi connectivity index (χ4n) is 9.02. The molecule has 0 aliphatic rings. The van der Waals surface area contributed by atoms with Gasteiger partial charge in [-0.2, -0.15) is 0 Å². The van der Waals surface area contributed by atoms with Gasteiger partial charge in [-0.3, -0.25) is 0 Å². The average Bonchev–Trinajstić information content (AvgIpc) is 3.81. The van der Waals surface area contributed by atoms with Gasteiger partial charge in [-0.25, -0.2) is 0 Å². The first-order valence-electron chi connectivity index (χ1n) is 18.5. The van der Waals surface area contributed by atoms with E-state index in [0.29, 0.717) is 0 Å². The van der Waals surface area contributed by atoms with E-state index >= 15 is 0 Å². The first-order chi connectivity index (χ1) is 26.8. The van der Waals surface area contributed by atoms with Crippen LogP contribution < -0.4 is 0 Å². The van der Waals surface area contributed by atoms with E-state index in [1.165, 1.54) is 65.3 Å². The van der Waals surface area contributed by atoms with Gasteiger partial charge in [-0.1, -0.05) is 152 Å². The molecule has 0 aliphatic carbocycles. The van der Waals surface area contributed by atoms with Crippen LogP contribution in [0, 0.1) is 0 Å². The van der Waals surface area contributed by atoms with Crippen molar-refractivity contribution in [1.82, 2.24) is 0 Å². The van der Waals surface area contributed by atoms with E-state index in [2.05, 4.69) is 182 Å². The third-order valence-electron chi connectivity index (χ3n) is 11.5. The van der Waals surface area contributed by atoms with Gasteiger partial charge in [0.1, 0.15) is 11.2 Å². The SMILES string of the molecule is c1ccc2c(-c3c4ccccc4c(-c4ccc(-c5ccc6c(c5)oc5c6ccc6c5oc5ccc7ccccc7c56)cc4)c4ccccc34)cccc2c1. The van der Waals surface area contributed by atoms with Gasteiger partial charge in [-0.05, 0) is 107 Å².